The lowest BCUT2D eigenvalue weighted by atomic mass is 10.2. The first-order valence-electron chi connectivity index (χ1n) is 6.18. The fraction of sp³-hybridized carbons (Fsp3) is 0.0667. The molecule has 0 saturated heterocycles. The van der Waals surface area contributed by atoms with Gasteiger partial charge in [-0.05, 0) is 48.9 Å². The molecule has 3 rings (SSSR count). The Labute approximate surface area is 133 Å². The van der Waals surface area contributed by atoms with E-state index in [0.717, 1.165) is 14.6 Å². The van der Waals surface area contributed by atoms with Crippen LogP contribution in [0.4, 0.5) is 0 Å². The predicted octanol–water partition coefficient (Wildman–Crippen LogP) is 3.40. The number of fused-ring (bicyclic) bond motifs is 1. The Kier molecular flexibility index (Phi) is 3.47. The van der Waals surface area contributed by atoms with Gasteiger partial charge in [-0.3, -0.25) is 4.79 Å². The third-order valence-electron chi connectivity index (χ3n) is 3.26. The molecular formula is C15H10BrClN2O2. The number of aromatic amines is 1. The van der Waals surface area contributed by atoms with Gasteiger partial charge in [0.2, 0.25) is 0 Å². The Morgan fingerprint density at radius 2 is 1.90 bits per heavy atom. The van der Waals surface area contributed by atoms with Crippen molar-refractivity contribution in [3.8, 4) is 5.69 Å². The molecule has 0 atom stereocenters. The van der Waals surface area contributed by atoms with Gasteiger partial charge in [0.25, 0.3) is 5.56 Å². The summed E-state index contributed by atoms with van der Waals surface area (Å²) in [5, 5.41) is 0.884. The van der Waals surface area contributed by atoms with E-state index in [4.69, 9.17) is 11.6 Å². The summed E-state index contributed by atoms with van der Waals surface area (Å²) in [5.41, 5.74) is 1.04. The molecule has 1 aromatic heterocycles. The SMILES string of the molecule is Cc1cc(-n2c(=O)[nH]c3cc(Cl)ccc3c2=O)ccc1Br. The number of halogens is 2. The second kappa shape index (κ2) is 5.16. The van der Waals surface area contributed by atoms with Gasteiger partial charge in [-0.15, -0.1) is 0 Å². The average Bonchev–Trinajstić information content (AvgIpc) is 2.42. The molecule has 3 aromatic rings. The normalized spacial score (nSPS) is 11.0. The number of rotatable bonds is 1. The molecule has 1 heterocycles. The van der Waals surface area contributed by atoms with Crippen molar-refractivity contribution in [2.75, 3.05) is 0 Å². The molecule has 0 saturated carbocycles. The summed E-state index contributed by atoms with van der Waals surface area (Å²) >= 11 is 9.28. The van der Waals surface area contributed by atoms with Gasteiger partial charge in [0.15, 0.2) is 0 Å². The van der Waals surface area contributed by atoms with Crippen LogP contribution in [0.3, 0.4) is 0 Å². The zero-order valence-corrected chi connectivity index (χ0v) is 13.3. The van der Waals surface area contributed by atoms with Crippen molar-refractivity contribution in [1.82, 2.24) is 9.55 Å². The van der Waals surface area contributed by atoms with E-state index < -0.39 is 5.69 Å². The van der Waals surface area contributed by atoms with Crippen molar-refractivity contribution < 1.29 is 0 Å². The van der Waals surface area contributed by atoms with Crippen molar-refractivity contribution in [1.29, 1.82) is 0 Å². The largest absolute Gasteiger partial charge is 0.333 e. The molecule has 0 fully saturated rings. The molecule has 2 aromatic carbocycles. The number of aryl methyl sites for hydroxylation is 1. The zero-order valence-electron chi connectivity index (χ0n) is 11.0. The Morgan fingerprint density at radius 1 is 1.14 bits per heavy atom. The minimum absolute atomic E-state index is 0.368. The highest BCUT2D eigenvalue weighted by molar-refractivity contribution is 9.10. The highest BCUT2D eigenvalue weighted by Crippen LogP contribution is 2.19. The number of benzene rings is 2. The summed E-state index contributed by atoms with van der Waals surface area (Å²) < 4.78 is 2.04. The Bertz CT molecular complexity index is 976. The predicted molar refractivity (Wildman–Crippen MR) is 87.6 cm³/mol. The Hall–Kier alpha value is -1.85. The summed E-state index contributed by atoms with van der Waals surface area (Å²) in [6.07, 6.45) is 0. The molecule has 21 heavy (non-hydrogen) atoms. The lowest BCUT2D eigenvalue weighted by Crippen LogP contribution is -2.33. The molecule has 0 radical (unpaired) electrons. The second-order valence-electron chi connectivity index (χ2n) is 4.69. The summed E-state index contributed by atoms with van der Waals surface area (Å²) in [6, 6.07) is 10.1. The second-order valence-corrected chi connectivity index (χ2v) is 5.98. The quantitative estimate of drug-likeness (QED) is 0.718. The Balaban J connectivity index is 2.38. The van der Waals surface area contributed by atoms with Gasteiger partial charge in [-0.1, -0.05) is 27.5 Å². The number of hydrogen-bond donors (Lipinski definition) is 1. The van der Waals surface area contributed by atoms with Crippen LogP contribution < -0.4 is 11.2 Å². The highest BCUT2D eigenvalue weighted by Gasteiger charge is 2.10. The molecule has 4 nitrogen and oxygen atoms in total. The van der Waals surface area contributed by atoms with Crippen LogP contribution in [0, 0.1) is 6.92 Å². The van der Waals surface area contributed by atoms with E-state index in [1.165, 1.54) is 0 Å². The first kappa shape index (κ1) is 14.1. The fourth-order valence-electron chi connectivity index (χ4n) is 2.19. The zero-order chi connectivity index (χ0) is 15.1. The van der Waals surface area contributed by atoms with E-state index in [1.54, 1.807) is 30.3 Å². The maximum Gasteiger partial charge on any atom is 0.333 e. The van der Waals surface area contributed by atoms with Crippen LogP contribution in [0.2, 0.25) is 5.02 Å². The highest BCUT2D eigenvalue weighted by atomic mass is 79.9. The van der Waals surface area contributed by atoms with Crippen LogP contribution in [-0.2, 0) is 0 Å². The van der Waals surface area contributed by atoms with Gasteiger partial charge in [-0.25, -0.2) is 9.36 Å². The molecule has 106 valence electrons. The van der Waals surface area contributed by atoms with Crippen molar-refractivity contribution in [2.45, 2.75) is 6.92 Å². The summed E-state index contributed by atoms with van der Waals surface area (Å²) in [7, 11) is 0. The fourth-order valence-corrected chi connectivity index (χ4v) is 2.61. The molecule has 0 aliphatic carbocycles. The lowest BCUT2D eigenvalue weighted by molar-refractivity contribution is 0.899. The standard InChI is InChI=1S/C15H10BrClN2O2/c1-8-6-10(3-5-12(8)16)19-14(20)11-4-2-9(17)7-13(11)18-15(19)21/h2-7H,1H3,(H,18,21). The maximum atomic E-state index is 12.5. The van der Waals surface area contributed by atoms with Crippen LogP contribution in [0.1, 0.15) is 5.56 Å². The lowest BCUT2D eigenvalue weighted by Gasteiger charge is -2.08. The van der Waals surface area contributed by atoms with Gasteiger partial charge >= 0.3 is 5.69 Å². The molecule has 0 amide bonds. The molecule has 0 bridgehead atoms. The van der Waals surface area contributed by atoms with E-state index in [9.17, 15) is 9.59 Å². The molecular weight excluding hydrogens is 356 g/mol. The number of nitrogens with zero attached hydrogens (tertiary/aromatic N) is 1. The van der Waals surface area contributed by atoms with E-state index >= 15 is 0 Å². The molecule has 0 aliphatic rings. The molecule has 0 unspecified atom stereocenters. The first-order chi connectivity index (χ1) is 9.97. The minimum atomic E-state index is -0.489. The van der Waals surface area contributed by atoms with E-state index in [0.29, 0.717) is 21.6 Å². The monoisotopic (exact) mass is 364 g/mol. The third-order valence-corrected chi connectivity index (χ3v) is 4.38. The Morgan fingerprint density at radius 3 is 2.62 bits per heavy atom. The topological polar surface area (TPSA) is 54.9 Å². The van der Waals surface area contributed by atoms with E-state index in [-0.39, 0.29) is 5.56 Å². The van der Waals surface area contributed by atoms with Gasteiger partial charge in [0.05, 0.1) is 16.6 Å². The van der Waals surface area contributed by atoms with Crippen LogP contribution in [-0.4, -0.2) is 9.55 Å². The van der Waals surface area contributed by atoms with Gasteiger partial charge < -0.3 is 4.98 Å². The van der Waals surface area contributed by atoms with Crippen LogP contribution in [0.25, 0.3) is 16.6 Å². The van der Waals surface area contributed by atoms with E-state index in [2.05, 4.69) is 20.9 Å². The van der Waals surface area contributed by atoms with Crippen LogP contribution >= 0.6 is 27.5 Å². The third kappa shape index (κ3) is 2.43. The van der Waals surface area contributed by atoms with Crippen molar-refractivity contribution in [2.24, 2.45) is 0 Å². The maximum absolute atomic E-state index is 12.5. The molecule has 6 heteroatoms. The summed E-state index contributed by atoms with van der Waals surface area (Å²) in [5.74, 6) is 0. The van der Waals surface area contributed by atoms with Gasteiger partial charge in [-0.2, -0.15) is 0 Å². The van der Waals surface area contributed by atoms with Gasteiger partial charge in [0.1, 0.15) is 0 Å². The minimum Gasteiger partial charge on any atom is -0.306 e. The number of nitrogens with one attached hydrogen (secondary N) is 1. The molecule has 0 spiro atoms. The molecule has 0 aliphatic heterocycles. The van der Waals surface area contributed by atoms with Crippen molar-refractivity contribution in [3.05, 3.63) is 72.3 Å². The van der Waals surface area contributed by atoms with Crippen molar-refractivity contribution >= 4 is 38.4 Å². The smallest absolute Gasteiger partial charge is 0.306 e. The first-order valence-corrected chi connectivity index (χ1v) is 7.35. The number of aromatic nitrogens is 2. The molecule has 1 N–H and O–H groups in total. The summed E-state index contributed by atoms with van der Waals surface area (Å²) in [4.78, 5) is 27.4. The van der Waals surface area contributed by atoms with Crippen LogP contribution in [0.5, 0.6) is 0 Å². The van der Waals surface area contributed by atoms with Crippen molar-refractivity contribution in [3.63, 3.8) is 0 Å². The average molecular weight is 366 g/mol. The van der Waals surface area contributed by atoms with Crippen LogP contribution in [0.15, 0.2) is 50.5 Å². The number of H-pyrrole nitrogens is 1. The summed E-state index contributed by atoms with van der Waals surface area (Å²) in [6.45, 7) is 1.90. The van der Waals surface area contributed by atoms with Gasteiger partial charge in [0, 0.05) is 9.50 Å². The van der Waals surface area contributed by atoms with E-state index in [1.807, 2.05) is 13.0 Å². The number of hydrogen-bond acceptors (Lipinski definition) is 2.